The Kier molecular flexibility index (Phi) is 3.97. The fourth-order valence-electron chi connectivity index (χ4n) is 1.33. The number of rotatable bonds is 3. The van der Waals surface area contributed by atoms with Gasteiger partial charge in [0, 0.05) is 10.2 Å². The van der Waals surface area contributed by atoms with Gasteiger partial charge in [0.05, 0.1) is 0 Å². The van der Waals surface area contributed by atoms with Gasteiger partial charge in [-0.15, -0.1) is 0 Å². The predicted octanol–water partition coefficient (Wildman–Crippen LogP) is 3.78. The summed E-state index contributed by atoms with van der Waals surface area (Å²) < 4.78 is 6.57. The van der Waals surface area contributed by atoms with Crippen LogP contribution in [-0.4, -0.2) is 9.97 Å². The first kappa shape index (κ1) is 12.3. The van der Waals surface area contributed by atoms with Gasteiger partial charge in [-0.25, -0.2) is 9.97 Å². The molecular weight excluding hydrogens is 304 g/mol. The molecule has 0 radical (unpaired) electrons. The smallest absolute Gasteiger partial charge is 0.167 e. The number of ether oxygens (including phenoxy) is 1. The van der Waals surface area contributed by atoms with E-state index >= 15 is 0 Å². The summed E-state index contributed by atoms with van der Waals surface area (Å²) in [4.78, 5) is 8.32. The lowest BCUT2D eigenvalue weighted by molar-refractivity contribution is 0.295. The van der Waals surface area contributed by atoms with Crippen LogP contribution in [-0.2, 0) is 6.61 Å². The molecule has 0 amide bonds. The first-order valence-corrected chi connectivity index (χ1v) is 6.19. The highest BCUT2D eigenvalue weighted by atomic mass is 79.9. The Labute approximate surface area is 113 Å². The molecule has 0 spiro atoms. The van der Waals surface area contributed by atoms with Crippen molar-refractivity contribution in [3.8, 4) is 5.75 Å². The van der Waals surface area contributed by atoms with Crippen LogP contribution in [0.25, 0.3) is 0 Å². The van der Waals surface area contributed by atoms with Gasteiger partial charge in [0.15, 0.2) is 5.82 Å². The van der Waals surface area contributed by atoms with E-state index in [4.69, 9.17) is 16.3 Å². The fraction of sp³-hybridized carbons (Fsp3) is 0.167. The summed E-state index contributed by atoms with van der Waals surface area (Å²) >= 11 is 9.20. The second-order valence-electron chi connectivity index (χ2n) is 3.49. The number of nitrogens with zero attached hydrogens (tertiary/aromatic N) is 2. The standard InChI is InChI=1S/C12H10BrClN2O/c1-8-6-11(14)16-12(15-8)7-17-10-4-2-9(13)3-5-10/h2-6H,7H2,1H3. The van der Waals surface area contributed by atoms with Crippen molar-refractivity contribution in [1.29, 1.82) is 0 Å². The summed E-state index contributed by atoms with van der Waals surface area (Å²) in [7, 11) is 0. The van der Waals surface area contributed by atoms with E-state index in [0.717, 1.165) is 15.9 Å². The molecule has 2 aromatic rings. The quantitative estimate of drug-likeness (QED) is 0.809. The minimum atomic E-state index is 0.309. The van der Waals surface area contributed by atoms with Gasteiger partial charge in [-0.1, -0.05) is 27.5 Å². The number of halogens is 2. The van der Waals surface area contributed by atoms with Crippen LogP contribution in [0.1, 0.15) is 11.5 Å². The van der Waals surface area contributed by atoms with E-state index in [2.05, 4.69) is 25.9 Å². The molecule has 0 aliphatic carbocycles. The number of aryl methyl sites for hydroxylation is 1. The summed E-state index contributed by atoms with van der Waals surface area (Å²) in [5, 5.41) is 0.437. The number of aromatic nitrogens is 2. The summed E-state index contributed by atoms with van der Waals surface area (Å²) in [5.41, 5.74) is 0.833. The second kappa shape index (κ2) is 5.47. The van der Waals surface area contributed by atoms with E-state index in [-0.39, 0.29) is 0 Å². The molecule has 2 rings (SSSR count). The Balaban J connectivity index is 2.04. The van der Waals surface area contributed by atoms with Crippen LogP contribution >= 0.6 is 27.5 Å². The van der Waals surface area contributed by atoms with Gasteiger partial charge in [0.2, 0.25) is 0 Å². The molecule has 0 atom stereocenters. The van der Waals surface area contributed by atoms with E-state index in [9.17, 15) is 0 Å². The first-order chi connectivity index (χ1) is 8.13. The normalized spacial score (nSPS) is 10.3. The third-order valence-electron chi connectivity index (χ3n) is 2.05. The molecular formula is C12H10BrClN2O. The fourth-order valence-corrected chi connectivity index (χ4v) is 1.85. The lowest BCUT2D eigenvalue weighted by Crippen LogP contribution is -2.02. The molecule has 0 saturated heterocycles. The average molecular weight is 314 g/mol. The third-order valence-corrected chi connectivity index (χ3v) is 2.77. The van der Waals surface area contributed by atoms with Crippen molar-refractivity contribution in [3.05, 3.63) is 51.5 Å². The van der Waals surface area contributed by atoms with Crippen molar-refractivity contribution in [3.63, 3.8) is 0 Å². The molecule has 5 heteroatoms. The zero-order valence-electron chi connectivity index (χ0n) is 9.15. The van der Waals surface area contributed by atoms with Crippen LogP contribution in [0, 0.1) is 6.92 Å². The second-order valence-corrected chi connectivity index (χ2v) is 4.79. The highest BCUT2D eigenvalue weighted by Crippen LogP contribution is 2.17. The number of benzene rings is 1. The summed E-state index contributed by atoms with van der Waals surface area (Å²) in [6, 6.07) is 9.30. The maximum atomic E-state index is 5.84. The molecule has 0 aliphatic heterocycles. The number of hydrogen-bond donors (Lipinski definition) is 0. The molecule has 17 heavy (non-hydrogen) atoms. The maximum absolute atomic E-state index is 5.84. The molecule has 0 unspecified atom stereocenters. The highest BCUT2D eigenvalue weighted by Gasteiger charge is 2.02. The van der Waals surface area contributed by atoms with Crippen molar-refractivity contribution in [2.75, 3.05) is 0 Å². The molecule has 0 fully saturated rings. The van der Waals surface area contributed by atoms with E-state index in [1.165, 1.54) is 0 Å². The largest absolute Gasteiger partial charge is 0.486 e. The minimum absolute atomic E-state index is 0.309. The molecule has 0 aliphatic rings. The van der Waals surface area contributed by atoms with Gasteiger partial charge in [0.25, 0.3) is 0 Å². The lowest BCUT2D eigenvalue weighted by atomic mass is 10.3. The highest BCUT2D eigenvalue weighted by molar-refractivity contribution is 9.10. The maximum Gasteiger partial charge on any atom is 0.167 e. The molecule has 0 bridgehead atoms. The molecule has 3 nitrogen and oxygen atoms in total. The Morgan fingerprint density at radius 1 is 1.24 bits per heavy atom. The van der Waals surface area contributed by atoms with Crippen molar-refractivity contribution in [2.45, 2.75) is 13.5 Å². The molecule has 1 aromatic carbocycles. The van der Waals surface area contributed by atoms with E-state index < -0.39 is 0 Å². The predicted molar refractivity (Wildman–Crippen MR) is 70.3 cm³/mol. The van der Waals surface area contributed by atoms with Crippen molar-refractivity contribution in [1.82, 2.24) is 9.97 Å². The zero-order valence-corrected chi connectivity index (χ0v) is 11.5. The minimum Gasteiger partial charge on any atom is -0.486 e. The molecule has 0 N–H and O–H groups in total. The zero-order chi connectivity index (χ0) is 12.3. The molecule has 1 heterocycles. The Bertz CT molecular complexity index is 496. The van der Waals surface area contributed by atoms with Gasteiger partial charge in [-0.3, -0.25) is 0 Å². The van der Waals surface area contributed by atoms with E-state index in [0.29, 0.717) is 17.6 Å². The van der Waals surface area contributed by atoms with Gasteiger partial charge < -0.3 is 4.74 Å². The lowest BCUT2D eigenvalue weighted by Gasteiger charge is -2.06. The van der Waals surface area contributed by atoms with Gasteiger partial charge in [-0.2, -0.15) is 0 Å². The monoisotopic (exact) mass is 312 g/mol. The number of hydrogen-bond acceptors (Lipinski definition) is 3. The van der Waals surface area contributed by atoms with Crippen LogP contribution in [0.4, 0.5) is 0 Å². The van der Waals surface area contributed by atoms with Crippen molar-refractivity contribution < 1.29 is 4.74 Å². The SMILES string of the molecule is Cc1cc(Cl)nc(COc2ccc(Br)cc2)n1. The summed E-state index contributed by atoms with van der Waals surface area (Å²) in [6.07, 6.45) is 0. The summed E-state index contributed by atoms with van der Waals surface area (Å²) in [5.74, 6) is 1.35. The van der Waals surface area contributed by atoms with Gasteiger partial charge in [-0.05, 0) is 37.3 Å². The van der Waals surface area contributed by atoms with Crippen molar-refractivity contribution >= 4 is 27.5 Å². The van der Waals surface area contributed by atoms with Crippen LogP contribution in [0.2, 0.25) is 5.15 Å². The first-order valence-electron chi connectivity index (χ1n) is 5.02. The summed E-state index contributed by atoms with van der Waals surface area (Å²) in [6.45, 7) is 2.18. The Morgan fingerprint density at radius 2 is 1.94 bits per heavy atom. The Morgan fingerprint density at radius 3 is 2.59 bits per heavy atom. The van der Waals surface area contributed by atoms with Crippen LogP contribution in [0.5, 0.6) is 5.75 Å². The average Bonchev–Trinajstić information content (AvgIpc) is 2.27. The van der Waals surface area contributed by atoms with Gasteiger partial charge >= 0.3 is 0 Å². The van der Waals surface area contributed by atoms with E-state index in [1.807, 2.05) is 31.2 Å². The Hall–Kier alpha value is -1.13. The molecule has 88 valence electrons. The van der Waals surface area contributed by atoms with E-state index in [1.54, 1.807) is 6.07 Å². The van der Waals surface area contributed by atoms with Crippen LogP contribution in [0.15, 0.2) is 34.8 Å². The van der Waals surface area contributed by atoms with Gasteiger partial charge in [0.1, 0.15) is 17.5 Å². The topological polar surface area (TPSA) is 35.0 Å². The molecule has 0 saturated carbocycles. The van der Waals surface area contributed by atoms with Crippen LogP contribution in [0.3, 0.4) is 0 Å². The third kappa shape index (κ3) is 3.68. The van der Waals surface area contributed by atoms with Crippen LogP contribution < -0.4 is 4.74 Å². The molecule has 1 aromatic heterocycles. The van der Waals surface area contributed by atoms with Crippen molar-refractivity contribution in [2.24, 2.45) is 0 Å².